The predicted molar refractivity (Wildman–Crippen MR) is 152 cm³/mol. The third-order valence-corrected chi connectivity index (χ3v) is 6.00. The van der Waals surface area contributed by atoms with Crippen molar-refractivity contribution in [2.24, 2.45) is 5.73 Å². The summed E-state index contributed by atoms with van der Waals surface area (Å²) in [5.74, 6) is -0.795. The molecule has 4 rings (SSSR count). The first-order valence-electron chi connectivity index (χ1n) is 11.1. The van der Waals surface area contributed by atoms with Crippen LogP contribution in [0.15, 0.2) is 54.9 Å². The summed E-state index contributed by atoms with van der Waals surface area (Å²) in [4.78, 5) is 36.1. The average molecular weight is 582 g/mol. The molecule has 2 amide bonds. The van der Waals surface area contributed by atoms with Crippen molar-refractivity contribution in [3.8, 4) is 11.1 Å². The number of hydrogen-bond donors (Lipinski definition) is 5. The largest absolute Gasteiger partial charge is 0.478 e. The highest BCUT2D eigenvalue weighted by atomic mass is 35.5. The number of aromatic nitrogens is 2. The second-order valence-electron chi connectivity index (χ2n) is 8.14. The number of carboxylic acids is 1. The first-order valence-corrected chi connectivity index (χ1v) is 11.5. The number of rotatable bonds is 6. The van der Waals surface area contributed by atoms with Gasteiger partial charge in [-0.15, -0.1) is 24.8 Å². The minimum atomic E-state index is -1.01. The van der Waals surface area contributed by atoms with Crippen LogP contribution in [0.3, 0.4) is 0 Å². The number of amides is 2. The topological polar surface area (TPSA) is 161 Å². The van der Waals surface area contributed by atoms with Crippen molar-refractivity contribution in [1.82, 2.24) is 20.6 Å². The van der Waals surface area contributed by atoms with Gasteiger partial charge in [0.05, 0.1) is 16.3 Å². The molecule has 0 aliphatic carbocycles. The van der Waals surface area contributed by atoms with Gasteiger partial charge in [0, 0.05) is 50.7 Å². The summed E-state index contributed by atoms with van der Waals surface area (Å²) in [7, 11) is 0. The Bertz CT molecular complexity index is 1290. The lowest BCUT2D eigenvalue weighted by Gasteiger charge is -2.36. The number of piperazine rings is 1. The highest BCUT2D eigenvalue weighted by Gasteiger charge is 2.21. The minimum absolute atomic E-state index is 0. The van der Waals surface area contributed by atoms with Gasteiger partial charge in [-0.05, 0) is 35.4 Å². The van der Waals surface area contributed by atoms with Crippen LogP contribution in [-0.4, -0.2) is 59.2 Å². The van der Waals surface area contributed by atoms with E-state index in [9.17, 15) is 9.59 Å². The molecule has 14 heteroatoms. The number of benzene rings is 2. The maximum atomic E-state index is 11.6. The number of hydrogen-bond acceptors (Lipinski definition) is 7. The van der Waals surface area contributed by atoms with Crippen molar-refractivity contribution in [1.29, 1.82) is 5.41 Å². The summed E-state index contributed by atoms with van der Waals surface area (Å²) < 4.78 is 0. The van der Waals surface area contributed by atoms with Crippen LogP contribution in [0.4, 0.5) is 16.4 Å². The molecule has 3 aromatic rings. The number of carboxylic acid groups (broad SMARTS) is 1. The first kappa shape index (κ1) is 30.4. The Hall–Kier alpha value is -3.80. The van der Waals surface area contributed by atoms with Crippen LogP contribution in [0.25, 0.3) is 11.1 Å². The molecule has 1 saturated heterocycles. The van der Waals surface area contributed by atoms with E-state index < -0.39 is 18.0 Å². The van der Waals surface area contributed by atoms with Gasteiger partial charge < -0.3 is 26.0 Å². The Morgan fingerprint density at radius 2 is 1.66 bits per heavy atom. The van der Waals surface area contributed by atoms with Crippen molar-refractivity contribution < 1.29 is 14.7 Å². The maximum Gasteiger partial charge on any atom is 0.335 e. The smallest absolute Gasteiger partial charge is 0.335 e. The molecule has 1 fully saturated rings. The van der Waals surface area contributed by atoms with Crippen LogP contribution < -0.4 is 26.2 Å². The van der Waals surface area contributed by atoms with E-state index in [0.29, 0.717) is 37.1 Å². The fourth-order valence-corrected chi connectivity index (χ4v) is 4.19. The molecule has 202 valence electrons. The van der Waals surface area contributed by atoms with Gasteiger partial charge in [-0.3, -0.25) is 10.7 Å². The molecular formula is C24H27Cl3N8O3. The average Bonchev–Trinajstić information content (AvgIpc) is 2.87. The van der Waals surface area contributed by atoms with Crippen LogP contribution in [0, 0.1) is 5.41 Å². The molecule has 1 aromatic heterocycles. The summed E-state index contributed by atoms with van der Waals surface area (Å²) >= 11 is 6.32. The van der Waals surface area contributed by atoms with Gasteiger partial charge >= 0.3 is 12.0 Å². The quantitative estimate of drug-likeness (QED) is 0.219. The molecule has 0 bridgehead atoms. The standard InChI is InChI=1S/C24H25ClN8O3.2ClH/c25-19-11-17(21(34)35)4-5-20(19)32-6-8-33(9-7-32)23-28-13-18(14-29-23)16-3-1-2-15(10-16)12-30-24(36)31-22(26)27;;/h1-5,10-11,13-14H,6-9,12H2,(H,34,35)(H5,26,27,30,31,36);2*1H. The Balaban J connectivity index is 0.00000253. The van der Waals surface area contributed by atoms with Crippen molar-refractivity contribution in [2.75, 3.05) is 36.0 Å². The number of nitrogens with zero attached hydrogens (tertiary/aromatic N) is 4. The molecule has 1 aliphatic rings. The number of nitrogens with one attached hydrogen (secondary N) is 3. The van der Waals surface area contributed by atoms with Gasteiger partial charge in [0.2, 0.25) is 5.95 Å². The third kappa shape index (κ3) is 7.60. The number of aromatic carboxylic acids is 1. The van der Waals surface area contributed by atoms with Crippen molar-refractivity contribution in [2.45, 2.75) is 6.54 Å². The number of nitrogens with two attached hydrogens (primary N) is 1. The second kappa shape index (κ2) is 13.7. The molecule has 2 aromatic carbocycles. The molecular weight excluding hydrogens is 555 g/mol. The molecule has 0 saturated carbocycles. The van der Waals surface area contributed by atoms with Crippen molar-refractivity contribution in [3.05, 3.63) is 71.0 Å². The van der Waals surface area contributed by atoms with E-state index in [2.05, 4.69) is 30.4 Å². The fraction of sp³-hybridized carbons (Fsp3) is 0.208. The molecule has 1 aliphatic heterocycles. The number of halogens is 3. The number of anilines is 2. The van der Waals surface area contributed by atoms with Crippen LogP contribution in [0.5, 0.6) is 0 Å². The van der Waals surface area contributed by atoms with E-state index in [-0.39, 0.29) is 36.9 Å². The van der Waals surface area contributed by atoms with Crippen LogP contribution in [-0.2, 0) is 6.54 Å². The molecule has 0 radical (unpaired) electrons. The summed E-state index contributed by atoms with van der Waals surface area (Å²) in [5, 5.41) is 21.4. The van der Waals surface area contributed by atoms with E-state index in [0.717, 1.165) is 22.4 Å². The van der Waals surface area contributed by atoms with Gasteiger partial charge in [-0.2, -0.15) is 0 Å². The van der Waals surface area contributed by atoms with Crippen molar-refractivity contribution >= 4 is 66.0 Å². The van der Waals surface area contributed by atoms with Crippen LogP contribution in [0.2, 0.25) is 5.02 Å². The maximum absolute atomic E-state index is 11.6. The van der Waals surface area contributed by atoms with E-state index in [1.807, 2.05) is 24.3 Å². The zero-order valence-corrected chi connectivity index (χ0v) is 22.4. The van der Waals surface area contributed by atoms with Gasteiger partial charge in [0.1, 0.15) is 0 Å². The normalized spacial score (nSPS) is 12.6. The molecule has 0 unspecified atom stereocenters. The number of carbonyl (C=O) groups excluding carboxylic acids is 1. The van der Waals surface area contributed by atoms with E-state index in [1.54, 1.807) is 24.5 Å². The Morgan fingerprint density at radius 1 is 1.00 bits per heavy atom. The fourth-order valence-electron chi connectivity index (χ4n) is 3.89. The lowest BCUT2D eigenvalue weighted by Crippen LogP contribution is -2.47. The van der Waals surface area contributed by atoms with Crippen LogP contribution in [0.1, 0.15) is 15.9 Å². The van der Waals surface area contributed by atoms with Gasteiger partial charge in [-0.1, -0.05) is 29.8 Å². The second-order valence-corrected chi connectivity index (χ2v) is 8.55. The molecule has 38 heavy (non-hydrogen) atoms. The van der Waals surface area contributed by atoms with Gasteiger partial charge in [-0.25, -0.2) is 19.6 Å². The lowest BCUT2D eigenvalue weighted by atomic mass is 10.1. The lowest BCUT2D eigenvalue weighted by molar-refractivity contribution is 0.0697. The Morgan fingerprint density at radius 3 is 2.26 bits per heavy atom. The highest BCUT2D eigenvalue weighted by molar-refractivity contribution is 6.33. The molecule has 11 nitrogen and oxygen atoms in total. The van der Waals surface area contributed by atoms with Gasteiger partial charge in [0.25, 0.3) is 0 Å². The van der Waals surface area contributed by atoms with Crippen molar-refractivity contribution in [3.63, 3.8) is 0 Å². The first-order chi connectivity index (χ1) is 17.3. The zero-order chi connectivity index (χ0) is 25.7. The highest BCUT2D eigenvalue weighted by Crippen LogP contribution is 2.28. The zero-order valence-electron chi connectivity index (χ0n) is 20.1. The molecule has 0 atom stereocenters. The van der Waals surface area contributed by atoms with E-state index >= 15 is 0 Å². The van der Waals surface area contributed by atoms with Crippen LogP contribution >= 0.6 is 36.4 Å². The Labute approximate surface area is 236 Å². The number of carbonyl (C=O) groups is 2. The molecule has 0 spiro atoms. The van der Waals surface area contributed by atoms with Gasteiger partial charge in [0.15, 0.2) is 5.96 Å². The minimum Gasteiger partial charge on any atom is -0.478 e. The van der Waals surface area contributed by atoms with E-state index in [4.69, 9.17) is 27.9 Å². The Kier molecular flexibility index (Phi) is 10.9. The third-order valence-electron chi connectivity index (χ3n) is 5.70. The number of urea groups is 1. The predicted octanol–water partition coefficient (Wildman–Crippen LogP) is 3.36. The monoisotopic (exact) mass is 580 g/mol. The number of guanidine groups is 1. The summed E-state index contributed by atoms with van der Waals surface area (Å²) in [6.07, 6.45) is 3.54. The van der Waals surface area contributed by atoms with E-state index in [1.165, 1.54) is 6.07 Å². The summed E-state index contributed by atoms with van der Waals surface area (Å²) in [6, 6.07) is 11.9. The molecule has 6 N–H and O–H groups in total. The molecule has 2 heterocycles. The SMILES string of the molecule is Cl.Cl.N=C(N)NC(=O)NCc1cccc(-c2cnc(N3CCN(c4ccc(C(=O)O)cc4Cl)CC3)nc2)c1. The summed E-state index contributed by atoms with van der Waals surface area (Å²) in [5.41, 5.74) is 8.76. The summed E-state index contributed by atoms with van der Waals surface area (Å²) in [6.45, 7) is 3.06.